The third-order valence-electron chi connectivity index (χ3n) is 6.30. The van der Waals surface area contributed by atoms with E-state index in [0.717, 1.165) is 40.2 Å². The minimum Gasteiger partial charge on any atom is -0.294 e. The molecule has 0 N–H and O–H groups in total. The number of pyridine rings is 2. The average Bonchev–Trinajstić information content (AvgIpc) is 2.73. The van der Waals surface area contributed by atoms with Gasteiger partial charge in [0.25, 0.3) is 0 Å². The van der Waals surface area contributed by atoms with Crippen LogP contribution in [-0.2, 0) is 6.42 Å². The average molecular weight is 407 g/mol. The minimum atomic E-state index is -0.0958. The van der Waals surface area contributed by atoms with E-state index < -0.39 is 0 Å². The van der Waals surface area contributed by atoms with E-state index in [1.54, 1.807) is 6.20 Å². The highest BCUT2D eigenvalue weighted by Gasteiger charge is 2.35. The van der Waals surface area contributed by atoms with Crippen molar-refractivity contribution in [2.45, 2.75) is 40.5 Å². The van der Waals surface area contributed by atoms with Gasteiger partial charge in [-0.25, -0.2) is 0 Å². The summed E-state index contributed by atoms with van der Waals surface area (Å²) in [5.41, 5.74) is 7.78. The molecule has 2 aromatic carbocycles. The molecule has 0 fully saturated rings. The molecule has 2 aromatic heterocycles. The quantitative estimate of drug-likeness (QED) is 0.370. The van der Waals surface area contributed by atoms with E-state index in [0.29, 0.717) is 6.42 Å². The maximum atomic E-state index is 13.4. The van der Waals surface area contributed by atoms with Crippen molar-refractivity contribution >= 4 is 16.6 Å². The highest BCUT2D eigenvalue weighted by atomic mass is 16.1. The Balaban J connectivity index is 1.88. The number of rotatable bonds is 2. The Morgan fingerprint density at radius 3 is 2.29 bits per heavy atom. The van der Waals surface area contributed by atoms with Crippen LogP contribution in [0.3, 0.4) is 0 Å². The maximum absolute atomic E-state index is 13.4. The zero-order valence-corrected chi connectivity index (χ0v) is 18.5. The molecule has 0 bridgehead atoms. The van der Waals surface area contributed by atoms with Gasteiger partial charge in [0.1, 0.15) is 0 Å². The topological polar surface area (TPSA) is 42.9 Å². The molecule has 5 rings (SSSR count). The van der Waals surface area contributed by atoms with Crippen LogP contribution in [0.25, 0.3) is 33.3 Å². The smallest absolute Gasteiger partial charge is 0.165 e. The first-order valence-corrected chi connectivity index (χ1v) is 10.8. The molecule has 3 nitrogen and oxygen atoms in total. The molecule has 31 heavy (non-hydrogen) atoms. The number of Topliss-reactive ketones (excluding diaryl/α,β-unsaturated/α-hetero) is 1. The lowest BCUT2D eigenvalue weighted by molar-refractivity contribution is 0.0911. The normalized spacial score (nSPS) is 15.2. The van der Waals surface area contributed by atoms with Gasteiger partial charge in [-0.3, -0.25) is 14.8 Å². The van der Waals surface area contributed by atoms with Gasteiger partial charge in [0.2, 0.25) is 0 Å². The van der Waals surface area contributed by atoms with Crippen molar-refractivity contribution in [2.24, 2.45) is 5.41 Å². The highest BCUT2D eigenvalue weighted by Crippen LogP contribution is 2.43. The molecular formula is C28H26N2O. The van der Waals surface area contributed by atoms with Gasteiger partial charge in [0.15, 0.2) is 5.78 Å². The van der Waals surface area contributed by atoms with Gasteiger partial charge in [0.05, 0.1) is 17.1 Å². The zero-order chi connectivity index (χ0) is 21.8. The van der Waals surface area contributed by atoms with E-state index in [-0.39, 0.29) is 11.2 Å². The van der Waals surface area contributed by atoms with E-state index in [1.807, 2.05) is 18.2 Å². The van der Waals surface area contributed by atoms with E-state index >= 15 is 0 Å². The number of hydrogen-bond donors (Lipinski definition) is 0. The SMILES string of the molecule is Cc1cc(C)c2ccccc2c1-c1cc(-c2ccccn2)nc2c1C(=O)CC(C)(C)C2. The summed E-state index contributed by atoms with van der Waals surface area (Å²) < 4.78 is 0. The van der Waals surface area contributed by atoms with Crippen LogP contribution >= 0.6 is 0 Å². The molecule has 0 amide bonds. The van der Waals surface area contributed by atoms with E-state index in [1.165, 1.54) is 21.9 Å². The minimum absolute atomic E-state index is 0.0958. The lowest BCUT2D eigenvalue weighted by Crippen LogP contribution is -2.28. The number of carbonyl (C=O) groups excluding carboxylic acids is 1. The van der Waals surface area contributed by atoms with Crippen molar-refractivity contribution in [2.75, 3.05) is 0 Å². The fourth-order valence-corrected chi connectivity index (χ4v) is 5.01. The van der Waals surface area contributed by atoms with Crippen LogP contribution in [-0.4, -0.2) is 15.8 Å². The van der Waals surface area contributed by atoms with Crippen molar-refractivity contribution in [3.8, 4) is 22.5 Å². The molecule has 0 radical (unpaired) electrons. The fraction of sp³-hybridized carbons (Fsp3) is 0.250. The molecule has 1 aliphatic carbocycles. The van der Waals surface area contributed by atoms with Gasteiger partial charge in [-0.2, -0.15) is 0 Å². The first-order valence-electron chi connectivity index (χ1n) is 10.8. The summed E-state index contributed by atoms with van der Waals surface area (Å²) >= 11 is 0. The van der Waals surface area contributed by atoms with E-state index in [9.17, 15) is 4.79 Å². The van der Waals surface area contributed by atoms with Gasteiger partial charge in [-0.05, 0) is 76.9 Å². The lowest BCUT2D eigenvalue weighted by Gasteiger charge is -2.31. The number of aromatic nitrogens is 2. The largest absolute Gasteiger partial charge is 0.294 e. The molecular weight excluding hydrogens is 380 g/mol. The Morgan fingerprint density at radius 1 is 0.806 bits per heavy atom. The van der Waals surface area contributed by atoms with Crippen LogP contribution in [0.15, 0.2) is 60.8 Å². The standard InChI is InChI=1S/C28H26N2O/c1-17-13-18(2)26(20-10-6-5-9-19(17)20)21-14-23(22-11-7-8-12-29-22)30-24-15-28(3,4)16-25(31)27(21)24/h5-14H,15-16H2,1-4H3. The van der Waals surface area contributed by atoms with Crippen molar-refractivity contribution < 1.29 is 4.79 Å². The Labute approximate surface area is 183 Å². The van der Waals surface area contributed by atoms with Gasteiger partial charge in [-0.15, -0.1) is 0 Å². The summed E-state index contributed by atoms with van der Waals surface area (Å²) in [6.07, 6.45) is 3.11. The molecule has 0 saturated carbocycles. The number of ketones is 1. The predicted molar refractivity (Wildman–Crippen MR) is 126 cm³/mol. The maximum Gasteiger partial charge on any atom is 0.165 e. The highest BCUT2D eigenvalue weighted by molar-refractivity contribution is 6.10. The van der Waals surface area contributed by atoms with Crippen molar-refractivity contribution in [3.05, 3.63) is 83.2 Å². The van der Waals surface area contributed by atoms with Crippen molar-refractivity contribution in [3.63, 3.8) is 0 Å². The Hall–Kier alpha value is -3.33. The first kappa shape index (κ1) is 19.6. The van der Waals surface area contributed by atoms with Gasteiger partial charge in [-0.1, -0.05) is 50.2 Å². The van der Waals surface area contributed by atoms with Gasteiger partial charge in [0, 0.05) is 18.2 Å². The number of aryl methyl sites for hydroxylation is 2. The number of nitrogens with zero attached hydrogens (tertiary/aromatic N) is 2. The van der Waals surface area contributed by atoms with Gasteiger partial charge < -0.3 is 0 Å². The number of hydrogen-bond acceptors (Lipinski definition) is 3. The molecule has 3 heteroatoms. The monoisotopic (exact) mass is 406 g/mol. The third-order valence-corrected chi connectivity index (χ3v) is 6.30. The molecule has 0 saturated heterocycles. The molecule has 0 aliphatic heterocycles. The number of benzene rings is 2. The molecule has 0 spiro atoms. The van der Waals surface area contributed by atoms with Crippen molar-refractivity contribution in [1.82, 2.24) is 9.97 Å². The van der Waals surface area contributed by atoms with E-state index in [2.05, 4.69) is 69.1 Å². The van der Waals surface area contributed by atoms with Crippen LogP contribution < -0.4 is 0 Å². The van der Waals surface area contributed by atoms with Gasteiger partial charge >= 0.3 is 0 Å². The number of carbonyl (C=O) groups is 1. The second kappa shape index (κ2) is 7.12. The second-order valence-electron chi connectivity index (χ2n) is 9.46. The Kier molecular flexibility index (Phi) is 4.51. The molecule has 1 aliphatic rings. The first-order chi connectivity index (χ1) is 14.8. The summed E-state index contributed by atoms with van der Waals surface area (Å²) in [4.78, 5) is 22.9. The molecule has 2 heterocycles. The lowest BCUT2D eigenvalue weighted by atomic mass is 9.73. The fourth-order valence-electron chi connectivity index (χ4n) is 5.01. The van der Waals surface area contributed by atoms with Crippen LogP contribution in [0.1, 0.15) is 47.4 Å². The van der Waals surface area contributed by atoms with E-state index in [4.69, 9.17) is 4.98 Å². The molecule has 154 valence electrons. The summed E-state index contributed by atoms with van der Waals surface area (Å²) in [5.74, 6) is 0.186. The molecule has 0 unspecified atom stereocenters. The molecule has 4 aromatic rings. The predicted octanol–water partition coefficient (Wildman–Crippen LogP) is 6.74. The van der Waals surface area contributed by atoms with Crippen LogP contribution in [0.4, 0.5) is 0 Å². The third kappa shape index (κ3) is 3.34. The zero-order valence-electron chi connectivity index (χ0n) is 18.5. The summed E-state index contributed by atoms with van der Waals surface area (Å²) in [7, 11) is 0. The Morgan fingerprint density at radius 2 is 1.55 bits per heavy atom. The summed E-state index contributed by atoms with van der Waals surface area (Å²) in [6.45, 7) is 8.58. The van der Waals surface area contributed by atoms with Crippen LogP contribution in [0, 0.1) is 19.3 Å². The van der Waals surface area contributed by atoms with Crippen LogP contribution in [0.5, 0.6) is 0 Å². The Bertz CT molecular complexity index is 1340. The van der Waals surface area contributed by atoms with Crippen molar-refractivity contribution in [1.29, 1.82) is 0 Å². The molecule has 0 atom stereocenters. The summed E-state index contributed by atoms with van der Waals surface area (Å²) in [6, 6.07) is 18.6. The number of fused-ring (bicyclic) bond motifs is 2. The summed E-state index contributed by atoms with van der Waals surface area (Å²) in [5, 5.41) is 2.40. The second-order valence-corrected chi connectivity index (χ2v) is 9.46. The van der Waals surface area contributed by atoms with Crippen LogP contribution in [0.2, 0.25) is 0 Å².